The number of aliphatic hydroxyl groups is 1. The van der Waals surface area contributed by atoms with Gasteiger partial charge >= 0.3 is 5.97 Å². The summed E-state index contributed by atoms with van der Waals surface area (Å²) in [7, 11) is 0. The van der Waals surface area contributed by atoms with Crippen molar-refractivity contribution >= 4 is 23.5 Å². The number of hydrogen-bond donors (Lipinski definition) is 2. The van der Waals surface area contributed by atoms with Gasteiger partial charge in [0.15, 0.2) is 5.78 Å². The van der Waals surface area contributed by atoms with E-state index in [1.54, 1.807) is 6.08 Å². The van der Waals surface area contributed by atoms with Crippen LogP contribution in [0.15, 0.2) is 12.2 Å². The third kappa shape index (κ3) is 9.77. The number of aliphatic carboxylic acids is 1. The molecular weight excluding hydrogens is 348 g/mol. The van der Waals surface area contributed by atoms with E-state index in [4.69, 9.17) is 5.11 Å². The topological polar surface area (TPSA) is 74.6 Å². The van der Waals surface area contributed by atoms with Gasteiger partial charge in [-0.2, -0.15) is 11.8 Å². The Bertz CT molecular complexity index is 436. The van der Waals surface area contributed by atoms with Crippen molar-refractivity contribution in [3.05, 3.63) is 12.2 Å². The quantitative estimate of drug-likeness (QED) is 0.372. The number of carbonyl (C=O) groups excluding carboxylic acids is 1. The summed E-state index contributed by atoms with van der Waals surface area (Å²) in [6.07, 6.45) is 15.1. The van der Waals surface area contributed by atoms with E-state index in [1.807, 2.05) is 6.08 Å². The molecule has 2 N–H and O–H groups in total. The molecule has 3 atom stereocenters. The second-order valence-corrected chi connectivity index (χ2v) is 8.47. The molecule has 0 aliphatic heterocycles. The van der Waals surface area contributed by atoms with Crippen molar-refractivity contribution in [2.24, 2.45) is 11.8 Å². The fourth-order valence-electron chi connectivity index (χ4n) is 3.62. The zero-order chi connectivity index (χ0) is 19.2. The highest BCUT2D eigenvalue weighted by molar-refractivity contribution is 7.99. The van der Waals surface area contributed by atoms with Crippen molar-refractivity contribution in [2.45, 2.75) is 83.7 Å². The summed E-state index contributed by atoms with van der Waals surface area (Å²) in [5.74, 6) is 0.203. The third-order valence-corrected chi connectivity index (χ3v) is 6.17. The maximum absolute atomic E-state index is 12.1. The minimum atomic E-state index is -0.779. The van der Waals surface area contributed by atoms with Crippen LogP contribution in [-0.2, 0) is 9.59 Å². The molecule has 0 radical (unpaired) electrons. The fraction of sp³-hybridized carbons (Fsp3) is 0.810. The van der Waals surface area contributed by atoms with E-state index >= 15 is 0 Å². The number of carboxylic acids is 1. The molecule has 0 saturated heterocycles. The van der Waals surface area contributed by atoms with Crippen molar-refractivity contribution < 1.29 is 19.8 Å². The Kier molecular flexibility index (Phi) is 12.8. The van der Waals surface area contributed by atoms with Crippen LogP contribution in [0.3, 0.4) is 0 Å². The number of carboxylic acid groups (broad SMARTS) is 1. The first-order valence-corrected chi connectivity index (χ1v) is 11.4. The van der Waals surface area contributed by atoms with Crippen molar-refractivity contribution in [2.75, 3.05) is 11.5 Å². The number of carbonyl (C=O) groups is 2. The molecular formula is C21H36O4S. The molecule has 1 aliphatic carbocycles. The molecule has 1 unspecified atom stereocenters. The van der Waals surface area contributed by atoms with E-state index in [0.29, 0.717) is 0 Å². The van der Waals surface area contributed by atoms with Gasteiger partial charge < -0.3 is 10.2 Å². The van der Waals surface area contributed by atoms with Crippen LogP contribution in [0.25, 0.3) is 0 Å². The lowest BCUT2D eigenvalue weighted by atomic mass is 9.84. The largest absolute Gasteiger partial charge is 0.481 e. The summed E-state index contributed by atoms with van der Waals surface area (Å²) in [6.45, 7) is 2.22. The molecule has 0 heterocycles. The molecule has 0 aromatic heterocycles. The highest BCUT2D eigenvalue weighted by Gasteiger charge is 2.33. The highest BCUT2D eigenvalue weighted by Crippen LogP contribution is 2.32. The Morgan fingerprint density at radius 2 is 1.81 bits per heavy atom. The molecule has 150 valence electrons. The van der Waals surface area contributed by atoms with Gasteiger partial charge in [0.2, 0.25) is 0 Å². The van der Waals surface area contributed by atoms with Crippen LogP contribution < -0.4 is 0 Å². The molecule has 1 aliphatic rings. The van der Waals surface area contributed by atoms with Crippen LogP contribution >= 0.6 is 11.8 Å². The van der Waals surface area contributed by atoms with Crippen LogP contribution in [0.1, 0.15) is 77.6 Å². The molecule has 0 amide bonds. The Balaban J connectivity index is 2.19. The lowest BCUT2D eigenvalue weighted by Gasteiger charge is -2.23. The Morgan fingerprint density at radius 1 is 1.12 bits per heavy atom. The van der Waals surface area contributed by atoms with Crippen LogP contribution in [-0.4, -0.2) is 39.6 Å². The first kappa shape index (κ1) is 23.2. The minimum absolute atomic E-state index is 0.0331. The Morgan fingerprint density at radius 3 is 2.50 bits per heavy atom. The molecule has 0 fully saturated rings. The monoisotopic (exact) mass is 384 g/mol. The maximum atomic E-state index is 12.1. The van der Waals surface area contributed by atoms with Gasteiger partial charge in [0.25, 0.3) is 0 Å². The van der Waals surface area contributed by atoms with Crippen LogP contribution in [0.5, 0.6) is 0 Å². The first-order valence-electron chi connectivity index (χ1n) is 10.3. The second kappa shape index (κ2) is 14.3. The SMILES string of the molecule is CCCCCCCCCC(O)[C@H]1C=CC(=O)[C@@H]1CCCCSCC(=O)O. The first-order chi connectivity index (χ1) is 12.6. The average molecular weight is 385 g/mol. The maximum Gasteiger partial charge on any atom is 0.313 e. The lowest BCUT2D eigenvalue weighted by Crippen LogP contribution is -2.27. The summed E-state index contributed by atoms with van der Waals surface area (Å²) < 4.78 is 0. The van der Waals surface area contributed by atoms with Gasteiger partial charge in [-0.15, -0.1) is 0 Å². The lowest BCUT2D eigenvalue weighted by molar-refractivity contribution is -0.133. The van der Waals surface area contributed by atoms with Gasteiger partial charge in [-0.05, 0) is 31.1 Å². The molecule has 4 nitrogen and oxygen atoms in total. The van der Waals surface area contributed by atoms with Crippen LogP contribution in [0.2, 0.25) is 0 Å². The number of ketones is 1. The predicted molar refractivity (Wildman–Crippen MR) is 109 cm³/mol. The summed E-state index contributed by atoms with van der Waals surface area (Å²) >= 11 is 1.42. The molecule has 5 heteroatoms. The number of hydrogen-bond acceptors (Lipinski definition) is 4. The minimum Gasteiger partial charge on any atom is -0.481 e. The molecule has 0 saturated carbocycles. The predicted octanol–water partition coefficient (Wildman–Crippen LogP) is 4.85. The van der Waals surface area contributed by atoms with E-state index < -0.39 is 12.1 Å². The van der Waals surface area contributed by atoms with Crippen molar-refractivity contribution in [1.82, 2.24) is 0 Å². The summed E-state index contributed by atoms with van der Waals surface area (Å²) in [5, 5.41) is 19.1. The molecule has 0 spiro atoms. The molecule has 0 aromatic carbocycles. The van der Waals surface area contributed by atoms with E-state index in [-0.39, 0.29) is 23.4 Å². The number of aliphatic hydroxyl groups excluding tert-OH is 1. The molecule has 26 heavy (non-hydrogen) atoms. The average Bonchev–Trinajstić information content (AvgIpc) is 2.97. The van der Waals surface area contributed by atoms with Gasteiger partial charge in [-0.3, -0.25) is 9.59 Å². The van der Waals surface area contributed by atoms with Gasteiger partial charge in [-0.1, -0.05) is 64.4 Å². The number of allylic oxidation sites excluding steroid dienone is 1. The number of rotatable bonds is 16. The van der Waals surface area contributed by atoms with Gasteiger partial charge in [0.05, 0.1) is 11.9 Å². The van der Waals surface area contributed by atoms with Crippen molar-refractivity contribution in [3.8, 4) is 0 Å². The van der Waals surface area contributed by atoms with Crippen molar-refractivity contribution in [1.29, 1.82) is 0 Å². The van der Waals surface area contributed by atoms with Crippen LogP contribution in [0, 0.1) is 11.8 Å². The van der Waals surface area contributed by atoms with E-state index in [0.717, 1.165) is 44.3 Å². The van der Waals surface area contributed by atoms with Gasteiger partial charge in [-0.25, -0.2) is 0 Å². The summed E-state index contributed by atoms with van der Waals surface area (Å²) in [5.41, 5.74) is 0. The zero-order valence-corrected chi connectivity index (χ0v) is 17.0. The van der Waals surface area contributed by atoms with E-state index in [9.17, 15) is 14.7 Å². The molecule has 0 aromatic rings. The summed E-state index contributed by atoms with van der Waals surface area (Å²) in [4.78, 5) is 22.6. The van der Waals surface area contributed by atoms with Crippen LogP contribution in [0.4, 0.5) is 0 Å². The molecule has 1 rings (SSSR count). The summed E-state index contributed by atoms with van der Waals surface area (Å²) in [6, 6.07) is 0. The Hall–Kier alpha value is -0.810. The zero-order valence-electron chi connectivity index (χ0n) is 16.2. The number of thioether (sulfide) groups is 1. The second-order valence-electron chi connectivity index (χ2n) is 7.36. The fourth-order valence-corrected chi connectivity index (χ4v) is 4.34. The smallest absolute Gasteiger partial charge is 0.313 e. The van der Waals surface area contributed by atoms with E-state index in [1.165, 1.54) is 43.9 Å². The normalized spacial score (nSPS) is 20.6. The number of unbranched alkanes of at least 4 members (excludes halogenated alkanes) is 7. The standard InChI is InChI=1S/C21H36O4S/c1-2-3-4-5-6-7-8-12-19(22)18-13-14-20(23)17(18)11-9-10-15-26-16-21(24)25/h13-14,17-19,22H,2-12,15-16H2,1H3,(H,24,25)/t17-,18+,19?/m1/s1. The Labute approximate surface area is 162 Å². The highest BCUT2D eigenvalue weighted by atomic mass is 32.2. The molecule has 0 bridgehead atoms. The van der Waals surface area contributed by atoms with Gasteiger partial charge in [0.1, 0.15) is 0 Å². The van der Waals surface area contributed by atoms with Gasteiger partial charge in [0, 0.05) is 11.8 Å². The van der Waals surface area contributed by atoms with E-state index in [2.05, 4.69) is 6.92 Å². The third-order valence-electron chi connectivity index (χ3n) is 5.14. The van der Waals surface area contributed by atoms with Crippen molar-refractivity contribution in [3.63, 3.8) is 0 Å².